The molecule has 6 nitrogen and oxygen atoms in total. The van der Waals surface area contributed by atoms with Crippen LogP contribution in [0, 0.1) is 11.3 Å². The van der Waals surface area contributed by atoms with E-state index in [0.717, 1.165) is 22.4 Å². The van der Waals surface area contributed by atoms with Crippen LogP contribution in [0.5, 0.6) is 0 Å². The van der Waals surface area contributed by atoms with Crippen LogP contribution in [-0.2, 0) is 21.9 Å². The summed E-state index contributed by atoms with van der Waals surface area (Å²) in [5.74, 6) is 0. The summed E-state index contributed by atoms with van der Waals surface area (Å²) in [5.41, 5.74) is 3.04. The van der Waals surface area contributed by atoms with Gasteiger partial charge >= 0.3 is 0 Å². The van der Waals surface area contributed by atoms with E-state index in [4.69, 9.17) is 5.26 Å². The first-order chi connectivity index (χ1) is 10.9. The minimum Gasteiger partial charge on any atom is -0.244 e. The normalized spacial score (nSPS) is 15.3. The molecule has 7 heteroatoms. The largest absolute Gasteiger partial charge is 0.244 e. The maximum absolute atomic E-state index is 12.5. The number of rotatable bonds is 3. The van der Waals surface area contributed by atoms with Gasteiger partial charge in [-0.1, -0.05) is 26.0 Å². The fourth-order valence-corrected chi connectivity index (χ4v) is 4.18. The van der Waals surface area contributed by atoms with E-state index in [1.807, 2.05) is 19.9 Å². The first kappa shape index (κ1) is 15.6. The van der Waals surface area contributed by atoms with E-state index in [1.165, 1.54) is 6.33 Å². The van der Waals surface area contributed by atoms with Crippen molar-refractivity contribution in [1.29, 1.82) is 5.26 Å². The molecule has 1 heterocycles. The van der Waals surface area contributed by atoms with Gasteiger partial charge in [-0.2, -0.15) is 9.98 Å². The molecule has 1 aromatic carbocycles. The van der Waals surface area contributed by atoms with Gasteiger partial charge in [0.15, 0.2) is 0 Å². The van der Waals surface area contributed by atoms with E-state index in [0.29, 0.717) is 6.42 Å². The minimum atomic E-state index is -3.73. The molecule has 118 valence electrons. The van der Waals surface area contributed by atoms with Gasteiger partial charge in [-0.15, -0.1) is 0 Å². The van der Waals surface area contributed by atoms with E-state index < -0.39 is 10.0 Å². The van der Waals surface area contributed by atoms with Crippen molar-refractivity contribution in [2.24, 2.45) is 0 Å². The SMILES string of the molecule is CC1(C)Cc2c(cccc2S(=O)(=O)NCC#N)-c2ncncc21. The number of nitrogens with zero attached hydrogens (tertiary/aromatic N) is 3. The van der Waals surface area contributed by atoms with Crippen LogP contribution in [0.4, 0.5) is 0 Å². The first-order valence-electron chi connectivity index (χ1n) is 7.16. The summed E-state index contributed by atoms with van der Waals surface area (Å²) in [7, 11) is -3.73. The molecule has 0 fully saturated rings. The standard InChI is InChI=1S/C16H16N4O2S/c1-16(2)8-12-11(15-13(16)9-18-10-19-15)4-3-5-14(12)23(21,22)20-7-6-17/h3-5,9-10,20H,7-8H2,1-2H3. The zero-order valence-electron chi connectivity index (χ0n) is 12.9. The Hall–Kier alpha value is -2.30. The fraction of sp³-hybridized carbons (Fsp3) is 0.312. The van der Waals surface area contributed by atoms with E-state index >= 15 is 0 Å². The van der Waals surface area contributed by atoms with Gasteiger partial charge in [0, 0.05) is 17.3 Å². The third-order valence-corrected chi connectivity index (χ3v) is 5.56. The topological polar surface area (TPSA) is 95.7 Å². The highest BCUT2D eigenvalue weighted by Crippen LogP contribution is 2.43. The number of nitriles is 1. The lowest BCUT2D eigenvalue weighted by Crippen LogP contribution is -2.30. The quantitative estimate of drug-likeness (QED) is 0.866. The van der Waals surface area contributed by atoms with Crippen molar-refractivity contribution in [1.82, 2.24) is 14.7 Å². The molecule has 2 aromatic rings. The maximum atomic E-state index is 12.5. The molecule has 0 saturated carbocycles. The number of benzene rings is 1. The lowest BCUT2D eigenvalue weighted by atomic mass is 9.72. The first-order valence-corrected chi connectivity index (χ1v) is 8.64. The van der Waals surface area contributed by atoms with Crippen LogP contribution in [0.2, 0.25) is 0 Å². The number of sulfonamides is 1. The molecule has 0 saturated heterocycles. The van der Waals surface area contributed by atoms with E-state index in [1.54, 1.807) is 24.4 Å². The van der Waals surface area contributed by atoms with Gasteiger partial charge in [0.1, 0.15) is 6.33 Å². The van der Waals surface area contributed by atoms with Crippen molar-refractivity contribution < 1.29 is 8.42 Å². The highest BCUT2D eigenvalue weighted by Gasteiger charge is 2.35. The Balaban J connectivity index is 2.24. The van der Waals surface area contributed by atoms with Crippen molar-refractivity contribution in [3.63, 3.8) is 0 Å². The summed E-state index contributed by atoms with van der Waals surface area (Å²) in [5, 5.41) is 8.63. The van der Waals surface area contributed by atoms with Crippen molar-refractivity contribution in [2.75, 3.05) is 6.54 Å². The van der Waals surface area contributed by atoms with Gasteiger partial charge in [-0.3, -0.25) is 0 Å². The molecule has 1 aliphatic rings. The molecular formula is C16H16N4O2S. The zero-order valence-corrected chi connectivity index (χ0v) is 13.7. The molecule has 23 heavy (non-hydrogen) atoms. The van der Waals surface area contributed by atoms with Crippen LogP contribution in [-0.4, -0.2) is 24.9 Å². The van der Waals surface area contributed by atoms with Crippen LogP contribution >= 0.6 is 0 Å². The molecule has 0 radical (unpaired) electrons. The number of hydrogen-bond acceptors (Lipinski definition) is 5. The Morgan fingerprint density at radius 1 is 1.39 bits per heavy atom. The summed E-state index contributed by atoms with van der Waals surface area (Å²) in [6.07, 6.45) is 3.83. The Kier molecular flexibility index (Phi) is 3.66. The molecule has 0 unspecified atom stereocenters. The number of fused-ring (bicyclic) bond motifs is 3. The average Bonchev–Trinajstić information content (AvgIpc) is 2.52. The van der Waals surface area contributed by atoms with Crippen LogP contribution in [0.3, 0.4) is 0 Å². The maximum Gasteiger partial charge on any atom is 0.241 e. The van der Waals surface area contributed by atoms with Gasteiger partial charge in [0.2, 0.25) is 10.0 Å². The number of aromatic nitrogens is 2. The smallest absolute Gasteiger partial charge is 0.241 e. The second kappa shape index (κ2) is 5.41. The number of hydrogen-bond donors (Lipinski definition) is 1. The minimum absolute atomic E-state index is 0.211. The van der Waals surface area contributed by atoms with E-state index in [9.17, 15) is 8.42 Å². The summed E-state index contributed by atoms with van der Waals surface area (Å²) >= 11 is 0. The third kappa shape index (κ3) is 2.60. The zero-order chi connectivity index (χ0) is 16.7. The monoisotopic (exact) mass is 328 g/mol. The van der Waals surface area contributed by atoms with Gasteiger partial charge in [0.05, 0.1) is 23.2 Å². The summed E-state index contributed by atoms with van der Waals surface area (Å²) < 4.78 is 27.3. The van der Waals surface area contributed by atoms with Crippen LogP contribution in [0.15, 0.2) is 35.6 Å². The Labute approximate surface area is 135 Å². The van der Waals surface area contributed by atoms with Crippen molar-refractivity contribution in [3.8, 4) is 17.3 Å². The van der Waals surface area contributed by atoms with Crippen LogP contribution in [0.25, 0.3) is 11.3 Å². The lowest BCUT2D eigenvalue weighted by Gasteiger charge is -2.33. The summed E-state index contributed by atoms with van der Waals surface area (Å²) in [4.78, 5) is 8.67. The second-order valence-corrected chi connectivity index (χ2v) is 7.85. The molecule has 0 amide bonds. The van der Waals surface area contributed by atoms with Gasteiger partial charge in [-0.05, 0) is 23.5 Å². The van der Waals surface area contributed by atoms with E-state index in [2.05, 4.69) is 14.7 Å². The molecule has 3 rings (SSSR count). The fourth-order valence-electron chi connectivity index (χ4n) is 3.00. The van der Waals surface area contributed by atoms with Gasteiger partial charge < -0.3 is 0 Å². The van der Waals surface area contributed by atoms with Crippen molar-refractivity contribution in [3.05, 3.63) is 41.9 Å². The Morgan fingerprint density at radius 3 is 2.91 bits per heavy atom. The molecule has 1 aromatic heterocycles. The van der Waals surface area contributed by atoms with Gasteiger partial charge in [0.25, 0.3) is 0 Å². The molecule has 0 atom stereocenters. The summed E-state index contributed by atoms with van der Waals surface area (Å²) in [6.45, 7) is 3.84. The molecular weight excluding hydrogens is 312 g/mol. The Morgan fingerprint density at radius 2 is 2.17 bits per heavy atom. The predicted molar refractivity (Wildman–Crippen MR) is 85.0 cm³/mol. The molecule has 0 aliphatic heterocycles. The molecule has 1 N–H and O–H groups in total. The van der Waals surface area contributed by atoms with Gasteiger partial charge in [-0.25, -0.2) is 18.4 Å². The predicted octanol–water partition coefficient (Wildman–Crippen LogP) is 1.78. The number of nitrogens with one attached hydrogen (secondary N) is 1. The third-order valence-electron chi connectivity index (χ3n) is 4.08. The lowest BCUT2D eigenvalue weighted by molar-refractivity contribution is 0.505. The van der Waals surface area contributed by atoms with Crippen molar-refractivity contribution >= 4 is 10.0 Å². The highest BCUT2D eigenvalue weighted by atomic mass is 32.2. The van der Waals surface area contributed by atoms with Crippen molar-refractivity contribution in [2.45, 2.75) is 30.6 Å². The molecule has 0 bridgehead atoms. The molecule has 1 aliphatic carbocycles. The summed E-state index contributed by atoms with van der Waals surface area (Å²) in [6, 6.07) is 6.94. The molecule has 0 spiro atoms. The van der Waals surface area contributed by atoms with E-state index in [-0.39, 0.29) is 16.9 Å². The highest BCUT2D eigenvalue weighted by molar-refractivity contribution is 7.89. The van der Waals surface area contributed by atoms with Crippen LogP contribution in [0.1, 0.15) is 25.0 Å². The van der Waals surface area contributed by atoms with Crippen LogP contribution < -0.4 is 4.72 Å². The average molecular weight is 328 g/mol. The Bertz CT molecular complexity index is 914. The second-order valence-electron chi connectivity index (χ2n) is 6.11.